The fourth-order valence-electron chi connectivity index (χ4n) is 2.02. The van der Waals surface area contributed by atoms with Gasteiger partial charge in [-0.25, -0.2) is 4.39 Å². The summed E-state index contributed by atoms with van der Waals surface area (Å²) in [6.45, 7) is -0.259. The van der Waals surface area contributed by atoms with Crippen molar-refractivity contribution in [2.45, 2.75) is 24.6 Å². The van der Waals surface area contributed by atoms with Gasteiger partial charge < -0.3 is 4.74 Å². The fraction of sp³-hybridized carbons (Fsp3) is 0.235. The zero-order valence-electron chi connectivity index (χ0n) is 13.2. The quantitative estimate of drug-likeness (QED) is 0.480. The van der Waals surface area contributed by atoms with Gasteiger partial charge in [-0.15, -0.1) is 0 Å². The van der Waals surface area contributed by atoms with Crippen molar-refractivity contribution in [3.05, 3.63) is 65.5 Å². The first-order valence-electron chi connectivity index (χ1n) is 7.21. The maximum Gasteiger partial charge on any atom is 0.460 e. The molecule has 0 bridgehead atoms. The number of ether oxygens (including phenoxy) is 1. The summed E-state index contributed by atoms with van der Waals surface area (Å²) in [5.74, 6) is -16.1. The fourth-order valence-corrected chi connectivity index (χ4v) is 2.02. The van der Waals surface area contributed by atoms with Crippen LogP contribution in [0.3, 0.4) is 0 Å². The van der Waals surface area contributed by atoms with Crippen LogP contribution in [0.25, 0.3) is 0 Å². The predicted molar refractivity (Wildman–Crippen MR) is 77.5 cm³/mol. The molecule has 0 amide bonds. The van der Waals surface area contributed by atoms with Crippen molar-refractivity contribution >= 4 is 5.78 Å². The smallest absolute Gasteiger partial charge is 0.460 e. The summed E-state index contributed by atoms with van der Waals surface area (Å²) < 4.78 is 108. The Morgan fingerprint density at radius 2 is 1.52 bits per heavy atom. The third-order valence-corrected chi connectivity index (χ3v) is 3.43. The van der Waals surface area contributed by atoms with Crippen LogP contribution in [-0.4, -0.2) is 23.8 Å². The molecule has 2 aromatic rings. The number of benzene rings is 2. The first-order valence-corrected chi connectivity index (χ1v) is 7.21. The zero-order valence-corrected chi connectivity index (χ0v) is 13.2. The molecule has 0 unspecified atom stereocenters. The lowest BCUT2D eigenvalue weighted by Gasteiger charge is -2.27. The number of rotatable bonds is 6. The molecule has 0 heterocycles. The van der Waals surface area contributed by atoms with Gasteiger partial charge in [0.25, 0.3) is 0 Å². The Morgan fingerprint density at radius 3 is 2.11 bits per heavy atom. The molecule has 0 aliphatic heterocycles. The molecule has 0 saturated carbocycles. The van der Waals surface area contributed by atoms with Crippen molar-refractivity contribution in [3.63, 3.8) is 0 Å². The van der Waals surface area contributed by atoms with Crippen molar-refractivity contribution in [2.24, 2.45) is 0 Å². The second-order valence-corrected chi connectivity index (χ2v) is 5.42. The number of carbonyl (C=O) groups is 1. The molecule has 0 fully saturated rings. The van der Waals surface area contributed by atoms with Gasteiger partial charge in [-0.05, 0) is 29.8 Å². The van der Waals surface area contributed by atoms with E-state index in [1.54, 1.807) is 0 Å². The maximum absolute atomic E-state index is 13.5. The Labute approximate surface area is 147 Å². The number of carbonyl (C=O) groups excluding carboxylic acids is 1. The van der Waals surface area contributed by atoms with Gasteiger partial charge in [0, 0.05) is 5.56 Å². The summed E-state index contributed by atoms with van der Waals surface area (Å²) in [6.07, 6.45) is -6.61. The number of ketones is 1. The van der Waals surface area contributed by atoms with E-state index in [-0.39, 0.29) is 12.4 Å². The van der Waals surface area contributed by atoms with Gasteiger partial charge in [-0.3, -0.25) is 4.79 Å². The summed E-state index contributed by atoms with van der Waals surface area (Å²) in [6, 6.07) is 8.48. The number of Topliss-reactive ketones (excluding diaryl/α,β-unsaturated/α-hetero) is 1. The molecule has 0 N–H and O–H groups in total. The SMILES string of the molecule is O=C(c1cccc(OCc2cccc(F)c2)c1)C(F)(F)C(F)(F)C(F)(F)F. The van der Waals surface area contributed by atoms with Gasteiger partial charge >= 0.3 is 18.0 Å². The van der Waals surface area contributed by atoms with E-state index in [0.29, 0.717) is 17.7 Å². The highest BCUT2D eigenvalue weighted by molar-refractivity contribution is 6.02. The van der Waals surface area contributed by atoms with Gasteiger partial charge in [0.2, 0.25) is 5.78 Å². The minimum atomic E-state index is -6.61. The number of alkyl halides is 7. The van der Waals surface area contributed by atoms with Crippen molar-refractivity contribution < 1.29 is 44.7 Å². The Balaban J connectivity index is 2.22. The zero-order chi connectivity index (χ0) is 20.5. The minimum absolute atomic E-state index is 0.253. The molecule has 2 aromatic carbocycles. The van der Waals surface area contributed by atoms with Gasteiger partial charge in [0.15, 0.2) is 0 Å². The van der Waals surface area contributed by atoms with E-state index in [2.05, 4.69) is 0 Å². The van der Waals surface area contributed by atoms with Crippen LogP contribution in [-0.2, 0) is 6.61 Å². The largest absolute Gasteiger partial charge is 0.489 e. The molecular weight excluding hydrogens is 388 g/mol. The van der Waals surface area contributed by atoms with Crippen molar-refractivity contribution in [1.82, 2.24) is 0 Å². The third kappa shape index (κ3) is 4.20. The van der Waals surface area contributed by atoms with Crippen LogP contribution < -0.4 is 4.74 Å². The van der Waals surface area contributed by atoms with Crippen molar-refractivity contribution in [3.8, 4) is 5.75 Å². The first-order chi connectivity index (χ1) is 12.4. The van der Waals surface area contributed by atoms with Crippen LogP contribution in [0.15, 0.2) is 48.5 Å². The predicted octanol–water partition coefficient (Wildman–Crippen LogP) is 5.42. The first kappa shape index (κ1) is 20.7. The molecule has 0 aliphatic rings. The minimum Gasteiger partial charge on any atom is -0.489 e. The lowest BCUT2D eigenvalue weighted by Crippen LogP contribution is -2.56. The lowest BCUT2D eigenvalue weighted by molar-refractivity contribution is -0.339. The second kappa shape index (κ2) is 7.16. The average molecular weight is 398 g/mol. The van der Waals surface area contributed by atoms with Crippen LogP contribution in [0.4, 0.5) is 35.1 Å². The van der Waals surface area contributed by atoms with Crippen LogP contribution in [0, 0.1) is 5.82 Å². The Morgan fingerprint density at radius 1 is 0.889 bits per heavy atom. The molecule has 2 nitrogen and oxygen atoms in total. The summed E-state index contributed by atoms with van der Waals surface area (Å²) in [5, 5.41) is 0. The van der Waals surface area contributed by atoms with Crippen LogP contribution in [0.5, 0.6) is 5.75 Å². The molecule has 10 heteroatoms. The van der Waals surface area contributed by atoms with E-state index in [9.17, 15) is 39.9 Å². The molecule has 0 radical (unpaired) electrons. The van der Waals surface area contributed by atoms with E-state index in [0.717, 1.165) is 24.3 Å². The molecule has 2 rings (SSSR count). The average Bonchev–Trinajstić information content (AvgIpc) is 2.58. The molecule has 27 heavy (non-hydrogen) atoms. The van der Waals surface area contributed by atoms with Crippen LogP contribution in [0.1, 0.15) is 15.9 Å². The topological polar surface area (TPSA) is 26.3 Å². The van der Waals surface area contributed by atoms with Crippen LogP contribution >= 0.6 is 0 Å². The highest BCUT2D eigenvalue weighted by atomic mass is 19.4. The molecule has 146 valence electrons. The summed E-state index contributed by atoms with van der Waals surface area (Å²) in [5.41, 5.74) is -0.763. The number of halogens is 8. The van der Waals surface area contributed by atoms with Gasteiger partial charge in [0.05, 0.1) is 0 Å². The number of hydrogen-bond donors (Lipinski definition) is 0. The molecule has 0 atom stereocenters. The van der Waals surface area contributed by atoms with Gasteiger partial charge in [-0.1, -0.05) is 24.3 Å². The van der Waals surface area contributed by atoms with E-state index in [1.165, 1.54) is 12.1 Å². The summed E-state index contributed by atoms with van der Waals surface area (Å²) in [4.78, 5) is 11.6. The third-order valence-electron chi connectivity index (χ3n) is 3.43. The molecule has 0 aromatic heterocycles. The van der Waals surface area contributed by atoms with Gasteiger partial charge in [-0.2, -0.15) is 30.7 Å². The summed E-state index contributed by atoms with van der Waals surface area (Å²) in [7, 11) is 0. The normalized spacial score (nSPS) is 12.7. The highest BCUT2D eigenvalue weighted by Gasteiger charge is 2.76. The maximum atomic E-state index is 13.5. The van der Waals surface area contributed by atoms with Crippen LogP contribution in [0.2, 0.25) is 0 Å². The Hall–Kier alpha value is -2.65. The lowest BCUT2D eigenvalue weighted by atomic mass is 10.00. The summed E-state index contributed by atoms with van der Waals surface area (Å²) >= 11 is 0. The second-order valence-electron chi connectivity index (χ2n) is 5.42. The van der Waals surface area contributed by atoms with E-state index < -0.39 is 35.2 Å². The standard InChI is InChI=1S/C17H10F8O2/c18-12-5-1-3-10(7-12)9-27-13-6-2-4-11(8-13)14(26)15(19,20)16(21,22)17(23,24)25/h1-8H,9H2. The van der Waals surface area contributed by atoms with Gasteiger partial charge in [0.1, 0.15) is 18.2 Å². The monoisotopic (exact) mass is 398 g/mol. The van der Waals surface area contributed by atoms with E-state index in [1.807, 2.05) is 0 Å². The molecule has 0 saturated heterocycles. The Bertz CT molecular complexity index is 830. The molecule has 0 aliphatic carbocycles. The number of hydrogen-bond acceptors (Lipinski definition) is 2. The Kier molecular flexibility index (Phi) is 5.48. The van der Waals surface area contributed by atoms with Crippen molar-refractivity contribution in [1.29, 1.82) is 0 Å². The van der Waals surface area contributed by atoms with E-state index in [4.69, 9.17) is 4.74 Å². The van der Waals surface area contributed by atoms with E-state index >= 15 is 0 Å². The highest BCUT2D eigenvalue weighted by Crippen LogP contribution is 2.47. The van der Waals surface area contributed by atoms with Crippen molar-refractivity contribution in [2.75, 3.05) is 0 Å². The molecule has 0 spiro atoms. The molecular formula is C17H10F8O2.